The minimum Gasteiger partial charge on any atom is -0.369 e. The fourth-order valence-electron chi connectivity index (χ4n) is 3.95. The van der Waals surface area contributed by atoms with Gasteiger partial charge in [-0.3, -0.25) is 14.3 Å². The van der Waals surface area contributed by atoms with Crippen molar-refractivity contribution in [2.75, 3.05) is 31.1 Å². The van der Waals surface area contributed by atoms with Gasteiger partial charge in [0.2, 0.25) is 0 Å². The van der Waals surface area contributed by atoms with E-state index in [2.05, 4.69) is 20.3 Å². The van der Waals surface area contributed by atoms with Gasteiger partial charge in [-0.25, -0.2) is 4.52 Å². The molecule has 1 aliphatic rings. The molecule has 7 nitrogen and oxygen atoms in total. The molecule has 1 aromatic carbocycles. The molecule has 1 N–H and O–H groups in total. The minimum absolute atomic E-state index is 0.188. The van der Waals surface area contributed by atoms with Crippen LogP contribution in [0.2, 0.25) is 0 Å². The van der Waals surface area contributed by atoms with Crippen molar-refractivity contribution in [1.29, 1.82) is 0 Å². The number of nitrogens with one attached hydrogen (secondary N) is 1. The second-order valence-corrected chi connectivity index (χ2v) is 7.53. The third-order valence-corrected chi connectivity index (χ3v) is 5.61. The number of benzene rings is 1. The van der Waals surface area contributed by atoms with Crippen molar-refractivity contribution in [1.82, 2.24) is 24.5 Å². The van der Waals surface area contributed by atoms with Gasteiger partial charge in [-0.1, -0.05) is 0 Å². The number of aryl methyl sites for hydroxylation is 1. The number of aromatic nitrogens is 4. The Bertz CT molecular complexity index is 1350. The molecule has 0 atom stereocenters. The summed E-state index contributed by atoms with van der Waals surface area (Å²) in [5, 5.41) is 8.35. The lowest BCUT2D eigenvalue weighted by atomic mass is 10.1. The molecule has 1 aliphatic heterocycles. The summed E-state index contributed by atoms with van der Waals surface area (Å²) in [6, 6.07) is 9.68. The molecule has 10 heteroatoms. The van der Waals surface area contributed by atoms with E-state index in [0.717, 1.165) is 44.1 Å². The number of anilines is 1. The standard InChI is InChI=1S/C21H19F3N6O/c1-28-19-12-16(13-4-5-26-18(10-13)21(22,23)24)27-30(19)17-11-14(2-3-15(17)20(28)31)29-8-6-25-7-9-29/h2-5,10-12,25H,6-9H2,1H3. The van der Waals surface area contributed by atoms with Gasteiger partial charge in [0.25, 0.3) is 5.56 Å². The highest BCUT2D eigenvalue weighted by molar-refractivity contribution is 5.85. The summed E-state index contributed by atoms with van der Waals surface area (Å²) < 4.78 is 42.3. The van der Waals surface area contributed by atoms with Crippen molar-refractivity contribution in [3.05, 3.63) is 58.6 Å². The molecule has 5 rings (SSSR count). The summed E-state index contributed by atoms with van der Waals surface area (Å²) in [5.41, 5.74) is 1.53. The molecule has 1 fully saturated rings. The van der Waals surface area contributed by atoms with Gasteiger partial charge in [0.15, 0.2) is 0 Å². The molecule has 0 amide bonds. The van der Waals surface area contributed by atoms with Crippen molar-refractivity contribution >= 4 is 22.2 Å². The van der Waals surface area contributed by atoms with E-state index in [4.69, 9.17) is 0 Å². The third kappa shape index (κ3) is 3.32. The summed E-state index contributed by atoms with van der Waals surface area (Å²) in [7, 11) is 1.63. The molecule has 0 unspecified atom stereocenters. The number of rotatable bonds is 2. The maximum Gasteiger partial charge on any atom is 0.433 e. The van der Waals surface area contributed by atoms with Gasteiger partial charge in [0.05, 0.1) is 16.6 Å². The molecule has 0 spiro atoms. The van der Waals surface area contributed by atoms with Crippen LogP contribution in [0.4, 0.5) is 18.9 Å². The van der Waals surface area contributed by atoms with E-state index >= 15 is 0 Å². The summed E-state index contributed by atoms with van der Waals surface area (Å²) >= 11 is 0. The van der Waals surface area contributed by atoms with E-state index in [9.17, 15) is 18.0 Å². The Hall–Kier alpha value is -3.40. The minimum atomic E-state index is -4.55. The molecule has 0 aliphatic carbocycles. The van der Waals surface area contributed by atoms with Crippen LogP contribution in [0.3, 0.4) is 0 Å². The number of halogens is 3. The topological polar surface area (TPSA) is 67.5 Å². The predicted octanol–water partition coefficient (Wildman–Crippen LogP) is 2.68. The fraction of sp³-hybridized carbons (Fsp3) is 0.286. The van der Waals surface area contributed by atoms with Crippen LogP contribution >= 0.6 is 0 Å². The number of nitrogens with zero attached hydrogens (tertiary/aromatic N) is 5. The van der Waals surface area contributed by atoms with Crippen molar-refractivity contribution in [2.45, 2.75) is 6.18 Å². The van der Waals surface area contributed by atoms with Crippen LogP contribution in [0.25, 0.3) is 27.8 Å². The highest BCUT2D eigenvalue weighted by Crippen LogP contribution is 2.31. The molecule has 4 heterocycles. The summed E-state index contributed by atoms with van der Waals surface area (Å²) in [4.78, 5) is 18.5. The van der Waals surface area contributed by atoms with Gasteiger partial charge in [-0.15, -0.1) is 0 Å². The second-order valence-electron chi connectivity index (χ2n) is 7.53. The van der Waals surface area contributed by atoms with Gasteiger partial charge >= 0.3 is 6.18 Å². The first-order valence-electron chi connectivity index (χ1n) is 9.85. The second kappa shape index (κ2) is 7.09. The van der Waals surface area contributed by atoms with Gasteiger partial charge < -0.3 is 10.2 Å². The SMILES string of the molecule is Cn1c(=O)c2ccc(N3CCNCC3)cc2n2nc(-c3ccnc(C(F)(F)F)c3)cc12. The zero-order valence-electron chi connectivity index (χ0n) is 16.6. The normalized spacial score (nSPS) is 15.2. The monoisotopic (exact) mass is 428 g/mol. The third-order valence-electron chi connectivity index (χ3n) is 5.61. The van der Waals surface area contributed by atoms with Crippen molar-refractivity contribution < 1.29 is 13.2 Å². The predicted molar refractivity (Wildman–Crippen MR) is 111 cm³/mol. The average Bonchev–Trinajstić information content (AvgIpc) is 3.23. The van der Waals surface area contributed by atoms with Crippen LogP contribution in [0.1, 0.15) is 5.69 Å². The van der Waals surface area contributed by atoms with Crippen LogP contribution in [-0.2, 0) is 13.2 Å². The summed E-state index contributed by atoms with van der Waals surface area (Å²) in [5.74, 6) is 0. The van der Waals surface area contributed by atoms with Crippen molar-refractivity contribution in [3.63, 3.8) is 0 Å². The molecule has 1 saturated heterocycles. The van der Waals surface area contributed by atoms with Crippen LogP contribution in [-0.4, -0.2) is 45.3 Å². The zero-order chi connectivity index (χ0) is 21.8. The largest absolute Gasteiger partial charge is 0.433 e. The van der Waals surface area contributed by atoms with Gasteiger partial charge in [0.1, 0.15) is 11.3 Å². The van der Waals surface area contributed by atoms with Crippen LogP contribution < -0.4 is 15.8 Å². The van der Waals surface area contributed by atoms with Crippen LogP contribution in [0.5, 0.6) is 0 Å². The zero-order valence-corrected chi connectivity index (χ0v) is 16.6. The van der Waals surface area contributed by atoms with E-state index in [-0.39, 0.29) is 11.1 Å². The van der Waals surface area contributed by atoms with E-state index in [1.54, 1.807) is 23.7 Å². The van der Waals surface area contributed by atoms with Crippen LogP contribution in [0, 0.1) is 0 Å². The fourth-order valence-corrected chi connectivity index (χ4v) is 3.95. The summed E-state index contributed by atoms with van der Waals surface area (Å²) in [6.07, 6.45) is -3.44. The molecule has 0 radical (unpaired) electrons. The highest BCUT2D eigenvalue weighted by Gasteiger charge is 2.32. The molecule has 31 heavy (non-hydrogen) atoms. The lowest BCUT2D eigenvalue weighted by Gasteiger charge is -2.29. The molecule has 0 saturated carbocycles. The average molecular weight is 428 g/mol. The van der Waals surface area contributed by atoms with Gasteiger partial charge in [-0.2, -0.15) is 18.3 Å². The molecule has 3 aromatic heterocycles. The van der Waals surface area contributed by atoms with Crippen molar-refractivity contribution in [3.8, 4) is 11.3 Å². The van der Waals surface area contributed by atoms with Gasteiger partial charge in [-0.05, 0) is 30.3 Å². The van der Waals surface area contributed by atoms with Crippen LogP contribution in [0.15, 0.2) is 47.4 Å². The number of hydrogen-bond donors (Lipinski definition) is 1. The Morgan fingerprint density at radius 2 is 1.84 bits per heavy atom. The highest BCUT2D eigenvalue weighted by atomic mass is 19.4. The first kappa shape index (κ1) is 19.6. The Kier molecular flexibility index (Phi) is 4.47. The number of pyridine rings is 1. The Morgan fingerprint density at radius 1 is 1.06 bits per heavy atom. The quantitative estimate of drug-likeness (QED) is 0.532. The van der Waals surface area contributed by atoms with E-state index in [1.165, 1.54) is 10.6 Å². The van der Waals surface area contributed by atoms with Gasteiger partial charge in [0, 0.05) is 56.7 Å². The smallest absolute Gasteiger partial charge is 0.369 e. The molecule has 4 aromatic rings. The lowest BCUT2D eigenvalue weighted by Crippen LogP contribution is -2.43. The Balaban J connectivity index is 1.71. The van der Waals surface area contributed by atoms with Crippen molar-refractivity contribution in [2.24, 2.45) is 7.05 Å². The number of hydrogen-bond acceptors (Lipinski definition) is 5. The lowest BCUT2D eigenvalue weighted by molar-refractivity contribution is -0.141. The number of piperazine rings is 1. The molecule has 160 valence electrons. The molecular weight excluding hydrogens is 409 g/mol. The maximum atomic E-state index is 13.1. The molecular formula is C21H19F3N6O. The maximum absolute atomic E-state index is 13.1. The van der Waals surface area contributed by atoms with E-state index in [1.807, 2.05) is 12.1 Å². The summed E-state index contributed by atoms with van der Waals surface area (Å²) in [6.45, 7) is 3.45. The van der Waals surface area contributed by atoms with E-state index < -0.39 is 11.9 Å². The first-order valence-corrected chi connectivity index (χ1v) is 9.85. The first-order chi connectivity index (χ1) is 14.8. The number of fused-ring (bicyclic) bond motifs is 3. The molecule has 0 bridgehead atoms. The van der Waals surface area contributed by atoms with E-state index in [0.29, 0.717) is 22.2 Å². The Morgan fingerprint density at radius 3 is 2.58 bits per heavy atom. The Labute approximate surface area is 174 Å². The number of alkyl halides is 3.